The van der Waals surface area contributed by atoms with Crippen molar-refractivity contribution in [3.05, 3.63) is 83.4 Å². The third-order valence-corrected chi connectivity index (χ3v) is 3.29. The summed E-state index contributed by atoms with van der Waals surface area (Å²) >= 11 is 0. The van der Waals surface area contributed by atoms with Crippen molar-refractivity contribution in [1.29, 1.82) is 0 Å². The fourth-order valence-corrected chi connectivity index (χ4v) is 1.99. The van der Waals surface area contributed by atoms with Gasteiger partial charge in [-0.15, -0.1) is 0 Å². The van der Waals surface area contributed by atoms with Crippen molar-refractivity contribution in [3.8, 4) is 0 Å². The first kappa shape index (κ1) is 15.4. The molecule has 0 aliphatic rings. The Labute approximate surface area is 129 Å². The van der Waals surface area contributed by atoms with E-state index in [2.05, 4.69) is 6.58 Å². The Morgan fingerprint density at radius 3 is 2.09 bits per heavy atom. The number of carbonyl (C=O) groups is 2. The molecule has 3 nitrogen and oxygen atoms in total. The average Bonchev–Trinajstić information content (AvgIpc) is 2.55. The second-order valence-electron chi connectivity index (χ2n) is 4.93. The monoisotopic (exact) mass is 292 g/mol. The van der Waals surface area contributed by atoms with Gasteiger partial charge in [0.1, 0.15) is 0 Å². The number of carboxylic acids is 1. The highest BCUT2D eigenvalue weighted by Crippen LogP contribution is 2.18. The molecule has 0 saturated heterocycles. The highest BCUT2D eigenvalue weighted by Gasteiger charge is 2.11. The summed E-state index contributed by atoms with van der Waals surface area (Å²) in [6, 6.07) is 16.1. The minimum absolute atomic E-state index is 0.142. The van der Waals surface area contributed by atoms with Crippen molar-refractivity contribution in [2.24, 2.45) is 0 Å². The molecular weight excluding hydrogens is 276 g/mol. The number of hydrogen-bond acceptors (Lipinski definition) is 2. The van der Waals surface area contributed by atoms with Gasteiger partial charge in [-0.2, -0.15) is 0 Å². The molecule has 2 aromatic rings. The van der Waals surface area contributed by atoms with E-state index in [1.54, 1.807) is 30.3 Å². The molecule has 0 aliphatic carbocycles. The van der Waals surface area contributed by atoms with E-state index in [-0.39, 0.29) is 11.4 Å². The van der Waals surface area contributed by atoms with Gasteiger partial charge in [0.05, 0.1) is 0 Å². The molecule has 2 aromatic carbocycles. The average molecular weight is 292 g/mol. The van der Waals surface area contributed by atoms with Crippen molar-refractivity contribution in [2.45, 2.75) is 6.92 Å². The molecule has 22 heavy (non-hydrogen) atoms. The first-order valence-electron chi connectivity index (χ1n) is 6.79. The summed E-state index contributed by atoms with van der Waals surface area (Å²) in [5.74, 6) is -1.10. The van der Waals surface area contributed by atoms with Crippen molar-refractivity contribution >= 4 is 23.4 Å². The molecule has 0 heterocycles. The SMILES string of the molecule is C=C(C(=O)c1ccc(/C=C(\C)C(=O)O)cc1)c1ccccc1. The topological polar surface area (TPSA) is 54.4 Å². The van der Waals surface area contributed by atoms with E-state index < -0.39 is 5.97 Å². The molecule has 0 fully saturated rings. The minimum atomic E-state index is -0.961. The molecule has 110 valence electrons. The third-order valence-electron chi connectivity index (χ3n) is 3.29. The van der Waals surface area contributed by atoms with Gasteiger partial charge in [0, 0.05) is 16.7 Å². The molecule has 0 spiro atoms. The number of carboxylic acid groups (broad SMARTS) is 1. The highest BCUT2D eigenvalue weighted by molar-refractivity contribution is 6.28. The lowest BCUT2D eigenvalue weighted by Crippen LogP contribution is -2.01. The van der Waals surface area contributed by atoms with Crippen LogP contribution >= 0.6 is 0 Å². The van der Waals surface area contributed by atoms with Crippen LogP contribution in [-0.4, -0.2) is 16.9 Å². The Balaban J connectivity index is 2.20. The van der Waals surface area contributed by atoms with E-state index in [0.29, 0.717) is 11.1 Å². The molecule has 0 radical (unpaired) electrons. The summed E-state index contributed by atoms with van der Waals surface area (Å²) in [7, 11) is 0. The predicted octanol–water partition coefficient (Wildman–Crippen LogP) is 4.07. The number of benzene rings is 2. The number of rotatable bonds is 5. The van der Waals surface area contributed by atoms with E-state index in [4.69, 9.17) is 5.11 Å². The van der Waals surface area contributed by atoms with Gasteiger partial charge in [0.15, 0.2) is 5.78 Å². The number of allylic oxidation sites excluding steroid dienone is 1. The minimum Gasteiger partial charge on any atom is -0.478 e. The summed E-state index contributed by atoms with van der Waals surface area (Å²) in [4.78, 5) is 23.2. The zero-order valence-electron chi connectivity index (χ0n) is 12.2. The summed E-state index contributed by atoms with van der Waals surface area (Å²) in [5, 5.41) is 8.85. The van der Waals surface area contributed by atoms with E-state index in [9.17, 15) is 9.59 Å². The third kappa shape index (κ3) is 3.58. The molecule has 0 saturated carbocycles. The normalized spacial score (nSPS) is 11.0. The van der Waals surface area contributed by atoms with Gasteiger partial charge >= 0.3 is 5.97 Å². The quantitative estimate of drug-likeness (QED) is 0.667. The molecule has 3 heteroatoms. The van der Waals surface area contributed by atoms with Gasteiger partial charge < -0.3 is 5.11 Å². The second kappa shape index (κ2) is 6.68. The summed E-state index contributed by atoms with van der Waals surface area (Å²) < 4.78 is 0. The largest absolute Gasteiger partial charge is 0.478 e. The van der Waals surface area contributed by atoms with Crippen LogP contribution in [0.15, 0.2) is 66.7 Å². The van der Waals surface area contributed by atoms with Gasteiger partial charge in [-0.1, -0.05) is 61.2 Å². The number of carbonyl (C=O) groups excluding carboxylic acids is 1. The van der Waals surface area contributed by atoms with Gasteiger partial charge in [0.2, 0.25) is 0 Å². The summed E-state index contributed by atoms with van der Waals surface area (Å²) in [5.41, 5.74) is 2.73. The highest BCUT2D eigenvalue weighted by atomic mass is 16.4. The number of hydrogen-bond donors (Lipinski definition) is 1. The first-order valence-corrected chi connectivity index (χ1v) is 6.79. The van der Waals surface area contributed by atoms with Gasteiger partial charge in [-0.05, 0) is 24.1 Å². The van der Waals surface area contributed by atoms with Crippen molar-refractivity contribution in [1.82, 2.24) is 0 Å². The van der Waals surface area contributed by atoms with Crippen LogP contribution in [0.25, 0.3) is 11.6 Å². The van der Waals surface area contributed by atoms with Crippen molar-refractivity contribution in [3.63, 3.8) is 0 Å². The molecule has 0 aliphatic heterocycles. The maximum atomic E-state index is 12.4. The van der Waals surface area contributed by atoms with Crippen LogP contribution in [0.3, 0.4) is 0 Å². The van der Waals surface area contributed by atoms with E-state index in [0.717, 1.165) is 11.1 Å². The van der Waals surface area contributed by atoms with Crippen LogP contribution in [-0.2, 0) is 4.79 Å². The number of ketones is 1. The van der Waals surface area contributed by atoms with Gasteiger partial charge in [-0.3, -0.25) is 4.79 Å². The van der Waals surface area contributed by atoms with E-state index in [1.807, 2.05) is 30.3 Å². The first-order chi connectivity index (χ1) is 10.5. The second-order valence-corrected chi connectivity index (χ2v) is 4.93. The lowest BCUT2D eigenvalue weighted by Gasteiger charge is -2.05. The van der Waals surface area contributed by atoms with E-state index >= 15 is 0 Å². The fraction of sp³-hybridized carbons (Fsp3) is 0.0526. The van der Waals surface area contributed by atoms with Crippen LogP contribution in [0.1, 0.15) is 28.4 Å². The fourth-order valence-electron chi connectivity index (χ4n) is 1.99. The maximum absolute atomic E-state index is 12.4. The lowest BCUT2D eigenvalue weighted by molar-refractivity contribution is -0.132. The van der Waals surface area contributed by atoms with Crippen molar-refractivity contribution in [2.75, 3.05) is 0 Å². The Bertz CT molecular complexity index is 738. The number of aliphatic carboxylic acids is 1. The van der Waals surface area contributed by atoms with Crippen LogP contribution in [0.4, 0.5) is 0 Å². The Morgan fingerprint density at radius 1 is 0.955 bits per heavy atom. The van der Waals surface area contributed by atoms with Gasteiger partial charge in [-0.25, -0.2) is 4.79 Å². The predicted molar refractivity (Wildman–Crippen MR) is 87.5 cm³/mol. The zero-order valence-corrected chi connectivity index (χ0v) is 12.2. The summed E-state index contributed by atoms with van der Waals surface area (Å²) in [6.07, 6.45) is 1.56. The molecule has 1 N–H and O–H groups in total. The van der Waals surface area contributed by atoms with Crippen molar-refractivity contribution < 1.29 is 14.7 Å². The van der Waals surface area contributed by atoms with Crippen LogP contribution in [0.5, 0.6) is 0 Å². The molecule has 0 atom stereocenters. The standard InChI is InChI=1S/C19H16O3/c1-13(19(21)22)12-15-8-10-17(11-9-15)18(20)14(2)16-6-4-3-5-7-16/h3-12H,2H2,1H3,(H,21,22)/b13-12+. The molecular formula is C19H16O3. The molecule has 0 aromatic heterocycles. The number of Topliss-reactive ketones (excluding diaryl/α,β-unsaturated/α-hetero) is 1. The Kier molecular flexibility index (Phi) is 4.69. The van der Waals surface area contributed by atoms with E-state index in [1.165, 1.54) is 6.92 Å². The van der Waals surface area contributed by atoms with Crippen LogP contribution in [0.2, 0.25) is 0 Å². The zero-order chi connectivity index (χ0) is 16.1. The molecule has 2 rings (SSSR count). The molecule has 0 amide bonds. The molecule has 0 unspecified atom stereocenters. The van der Waals surface area contributed by atoms with Crippen LogP contribution < -0.4 is 0 Å². The smallest absolute Gasteiger partial charge is 0.331 e. The van der Waals surface area contributed by atoms with Gasteiger partial charge in [0.25, 0.3) is 0 Å². The Morgan fingerprint density at radius 2 is 1.55 bits per heavy atom. The lowest BCUT2D eigenvalue weighted by atomic mass is 9.97. The Hall–Kier alpha value is -2.94. The molecule has 0 bridgehead atoms. The maximum Gasteiger partial charge on any atom is 0.331 e. The summed E-state index contributed by atoms with van der Waals surface area (Å²) in [6.45, 7) is 5.38. The van der Waals surface area contributed by atoms with Crippen LogP contribution in [0, 0.1) is 0 Å².